The third kappa shape index (κ3) is 6.94. The number of nitrogens with one attached hydrogen (secondary N) is 2. The van der Waals surface area contributed by atoms with E-state index in [1.807, 2.05) is 32.3 Å². The predicted octanol–water partition coefficient (Wildman–Crippen LogP) is 3.73. The summed E-state index contributed by atoms with van der Waals surface area (Å²) in [5, 5.41) is 6.58. The van der Waals surface area contributed by atoms with Crippen LogP contribution in [0.15, 0.2) is 47.5 Å². The number of rotatable bonds is 7. The lowest BCUT2D eigenvalue weighted by Gasteiger charge is -2.26. The standard InChI is InChI=1S/C21H29FN4O.HI/c1-15-6-7-16(12-19(15)22)13-24-21(23-2)25-14-20(26(3)4)17-8-10-18(27-5)11-9-17;/h6-12,20H,13-14H2,1-5H3,(H2,23,24,25);1H. The number of nitrogens with zero attached hydrogens (tertiary/aromatic N) is 2. The highest BCUT2D eigenvalue weighted by atomic mass is 127. The maximum Gasteiger partial charge on any atom is 0.191 e. The van der Waals surface area contributed by atoms with E-state index < -0.39 is 0 Å². The van der Waals surface area contributed by atoms with Crippen LogP contribution in [0.5, 0.6) is 5.75 Å². The van der Waals surface area contributed by atoms with Crippen molar-refractivity contribution in [3.63, 3.8) is 0 Å². The van der Waals surface area contributed by atoms with Crippen molar-refractivity contribution in [2.24, 2.45) is 4.99 Å². The molecule has 2 aromatic carbocycles. The Kier molecular flexibility index (Phi) is 10.2. The first-order chi connectivity index (χ1) is 12.9. The lowest BCUT2D eigenvalue weighted by atomic mass is 10.1. The highest BCUT2D eigenvalue weighted by Gasteiger charge is 2.15. The molecule has 0 spiro atoms. The molecular weight excluding hydrogens is 470 g/mol. The molecule has 0 aliphatic heterocycles. The predicted molar refractivity (Wildman–Crippen MR) is 124 cm³/mol. The normalized spacial score (nSPS) is 12.3. The zero-order chi connectivity index (χ0) is 19.8. The first-order valence-electron chi connectivity index (χ1n) is 8.94. The monoisotopic (exact) mass is 500 g/mol. The highest BCUT2D eigenvalue weighted by molar-refractivity contribution is 14.0. The summed E-state index contributed by atoms with van der Waals surface area (Å²) in [6.07, 6.45) is 0. The molecule has 1 atom stereocenters. The first kappa shape index (κ1) is 24.2. The van der Waals surface area contributed by atoms with Gasteiger partial charge in [0.05, 0.1) is 13.2 Å². The summed E-state index contributed by atoms with van der Waals surface area (Å²) in [5.41, 5.74) is 2.71. The largest absolute Gasteiger partial charge is 0.497 e. The van der Waals surface area contributed by atoms with Gasteiger partial charge in [-0.3, -0.25) is 4.99 Å². The van der Waals surface area contributed by atoms with Crippen molar-refractivity contribution in [1.82, 2.24) is 15.5 Å². The van der Waals surface area contributed by atoms with E-state index in [0.717, 1.165) is 11.3 Å². The van der Waals surface area contributed by atoms with Gasteiger partial charge >= 0.3 is 0 Å². The second-order valence-corrected chi connectivity index (χ2v) is 6.64. The summed E-state index contributed by atoms with van der Waals surface area (Å²) in [4.78, 5) is 6.41. The molecule has 0 saturated carbocycles. The van der Waals surface area contributed by atoms with Crippen LogP contribution in [-0.2, 0) is 6.54 Å². The number of hydrogen-bond acceptors (Lipinski definition) is 3. The number of methoxy groups -OCH3 is 1. The van der Waals surface area contributed by atoms with Gasteiger partial charge in [-0.1, -0.05) is 24.3 Å². The number of ether oxygens (including phenoxy) is 1. The van der Waals surface area contributed by atoms with E-state index >= 15 is 0 Å². The maximum absolute atomic E-state index is 13.7. The van der Waals surface area contributed by atoms with E-state index in [2.05, 4.69) is 32.7 Å². The second-order valence-electron chi connectivity index (χ2n) is 6.64. The Morgan fingerprint density at radius 3 is 2.36 bits per heavy atom. The van der Waals surface area contributed by atoms with E-state index in [1.165, 1.54) is 5.56 Å². The number of aryl methyl sites for hydroxylation is 1. The summed E-state index contributed by atoms with van der Waals surface area (Å²) in [6.45, 7) is 2.95. The molecule has 28 heavy (non-hydrogen) atoms. The quantitative estimate of drug-likeness (QED) is 0.346. The molecule has 2 aromatic rings. The topological polar surface area (TPSA) is 48.9 Å². The number of hydrogen-bond donors (Lipinski definition) is 2. The van der Waals surface area contributed by atoms with Crippen LogP contribution in [0.25, 0.3) is 0 Å². The number of halogens is 2. The Labute approximate surface area is 184 Å². The Balaban J connectivity index is 0.00000392. The lowest BCUT2D eigenvalue weighted by Crippen LogP contribution is -2.41. The van der Waals surface area contributed by atoms with Gasteiger partial charge in [-0.05, 0) is 55.9 Å². The minimum absolute atomic E-state index is 0. The van der Waals surface area contributed by atoms with Gasteiger partial charge in [0.1, 0.15) is 11.6 Å². The van der Waals surface area contributed by atoms with Crippen molar-refractivity contribution in [3.8, 4) is 5.75 Å². The summed E-state index contributed by atoms with van der Waals surface area (Å²) in [5.74, 6) is 1.33. The Hall–Kier alpha value is -1.87. The Morgan fingerprint density at radius 1 is 1.14 bits per heavy atom. The van der Waals surface area contributed by atoms with Gasteiger partial charge in [0.15, 0.2) is 5.96 Å². The lowest BCUT2D eigenvalue weighted by molar-refractivity contribution is 0.298. The van der Waals surface area contributed by atoms with Crippen molar-refractivity contribution in [2.45, 2.75) is 19.5 Å². The fourth-order valence-corrected chi connectivity index (χ4v) is 2.77. The van der Waals surface area contributed by atoms with Gasteiger partial charge in [-0.25, -0.2) is 4.39 Å². The number of benzene rings is 2. The first-order valence-corrected chi connectivity index (χ1v) is 8.94. The minimum atomic E-state index is -0.190. The molecule has 0 amide bonds. The van der Waals surface area contributed by atoms with Gasteiger partial charge in [-0.15, -0.1) is 24.0 Å². The molecule has 0 fully saturated rings. The van der Waals surface area contributed by atoms with Crippen molar-refractivity contribution in [1.29, 1.82) is 0 Å². The van der Waals surface area contributed by atoms with Crippen LogP contribution in [-0.4, -0.2) is 45.7 Å². The molecular formula is C21H30FIN4O. The minimum Gasteiger partial charge on any atom is -0.497 e. The van der Waals surface area contributed by atoms with Crippen molar-refractivity contribution in [2.75, 3.05) is 34.8 Å². The van der Waals surface area contributed by atoms with Crippen LogP contribution in [0.4, 0.5) is 4.39 Å². The average Bonchev–Trinajstić information content (AvgIpc) is 2.67. The van der Waals surface area contributed by atoms with Crippen molar-refractivity contribution in [3.05, 3.63) is 65.0 Å². The third-order valence-corrected chi connectivity index (χ3v) is 4.51. The molecule has 0 heterocycles. The fourth-order valence-electron chi connectivity index (χ4n) is 2.77. The number of aliphatic imine (C=N–C) groups is 1. The number of likely N-dealkylation sites (N-methyl/N-ethyl adjacent to an activating group) is 1. The Bertz CT molecular complexity index is 766. The molecule has 7 heteroatoms. The third-order valence-electron chi connectivity index (χ3n) is 4.51. The zero-order valence-corrected chi connectivity index (χ0v) is 19.5. The molecule has 0 radical (unpaired) electrons. The maximum atomic E-state index is 13.7. The SMILES string of the molecule is CN=C(NCc1ccc(C)c(F)c1)NCC(c1ccc(OC)cc1)N(C)C.I. The van der Waals surface area contributed by atoms with E-state index in [1.54, 1.807) is 33.2 Å². The summed E-state index contributed by atoms with van der Waals surface area (Å²) in [6, 6.07) is 13.5. The van der Waals surface area contributed by atoms with Crippen molar-refractivity contribution >= 4 is 29.9 Å². The molecule has 0 bridgehead atoms. The molecule has 5 nitrogen and oxygen atoms in total. The summed E-state index contributed by atoms with van der Waals surface area (Å²) < 4.78 is 18.9. The Morgan fingerprint density at radius 2 is 1.82 bits per heavy atom. The molecule has 1 unspecified atom stereocenters. The zero-order valence-electron chi connectivity index (χ0n) is 17.1. The average molecular weight is 500 g/mol. The summed E-state index contributed by atoms with van der Waals surface area (Å²) in [7, 11) is 7.47. The molecule has 0 saturated heterocycles. The van der Waals surface area contributed by atoms with E-state index in [-0.39, 0.29) is 35.8 Å². The summed E-state index contributed by atoms with van der Waals surface area (Å²) >= 11 is 0. The highest BCUT2D eigenvalue weighted by Crippen LogP contribution is 2.20. The number of guanidine groups is 1. The van der Waals surface area contributed by atoms with Gasteiger partial charge in [0, 0.05) is 20.1 Å². The van der Waals surface area contributed by atoms with Crippen LogP contribution in [0.3, 0.4) is 0 Å². The molecule has 0 aliphatic rings. The van der Waals surface area contributed by atoms with Crippen LogP contribution in [0, 0.1) is 12.7 Å². The smallest absolute Gasteiger partial charge is 0.191 e. The van der Waals surface area contributed by atoms with Gasteiger partial charge < -0.3 is 20.3 Å². The van der Waals surface area contributed by atoms with Crippen molar-refractivity contribution < 1.29 is 9.13 Å². The van der Waals surface area contributed by atoms with Gasteiger partial charge in [-0.2, -0.15) is 0 Å². The van der Waals surface area contributed by atoms with Crippen LogP contribution < -0.4 is 15.4 Å². The molecule has 2 N–H and O–H groups in total. The van der Waals surface area contributed by atoms with Crippen LogP contribution in [0.1, 0.15) is 22.7 Å². The molecule has 2 rings (SSSR count). The second kappa shape index (κ2) is 11.9. The van der Waals surface area contributed by atoms with E-state index in [4.69, 9.17) is 4.74 Å². The van der Waals surface area contributed by atoms with Crippen LogP contribution in [0.2, 0.25) is 0 Å². The fraction of sp³-hybridized carbons (Fsp3) is 0.381. The van der Waals surface area contributed by atoms with Gasteiger partial charge in [0.25, 0.3) is 0 Å². The van der Waals surface area contributed by atoms with Crippen LogP contribution >= 0.6 is 24.0 Å². The molecule has 0 aromatic heterocycles. The van der Waals surface area contributed by atoms with E-state index in [0.29, 0.717) is 24.6 Å². The van der Waals surface area contributed by atoms with E-state index in [9.17, 15) is 4.39 Å². The molecule has 154 valence electrons. The molecule has 0 aliphatic carbocycles. The van der Waals surface area contributed by atoms with Gasteiger partial charge in [0.2, 0.25) is 0 Å².